The summed E-state index contributed by atoms with van der Waals surface area (Å²) in [5, 5.41) is 20.6. The average Bonchev–Trinajstić information content (AvgIpc) is 2.60. The molecule has 4 heteroatoms. The molecule has 0 saturated heterocycles. The van der Waals surface area contributed by atoms with Crippen LogP contribution < -0.4 is 5.32 Å². The number of aromatic amines is 1. The lowest BCUT2D eigenvalue weighted by molar-refractivity contribution is 0.480. The van der Waals surface area contributed by atoms with Gasteiger partial charge in [-0.05, 0) is 13.1 Å². The van der Waals surface area contributed by atoms with Gasteiger partial charge in [-0.15, -0.1) is 0 Å². The Hall–Kier alpha value is -1.55. The molecule has 74 valence electrons. The van der Waals surface area contributed by atoms with Crippen LogP contribution in [0, 0.1) is 0 Å². The Morgan fingerprint density at radius 1 is 1.50 bits per heavy atom. The monoisotopic (exact) mass is 191 g/mol. The highest BCUT2D eigenvalue weighted by Gasteiger charge is 2.07. The maximum absolute atomic E-state index is 9.51. The van der Waals surface area contributed by atoms with Gasteiger partial charge in [-0.3, -0.25) is 5.10 Å². The molecule has 0 unspecified atom stereocenters. The van der Waals surface area contributed by atoms with E-state index in [9.17, 15) is 5.11 Å². The van der Waals surface area contributed by atoms with E-state index in [4.69, 9.17) is 0 Å². The molecule has 0 fully saturated rings. The molecule has 0 aliphatic carbocycles. The van der Waals surface area contributed by atoms with Crippen LogP contribution in [0.1, 0.15) is 5.69 Å². The molecule has 2 rings (SSSR count). The van der Waals surface area contributed by atoms with Crippen LogP contribution in [0.25, 0.3) is 10.9 Å². The molecule has 3 N–H and O–H groups in total. The molecule has 1 heterocycles. The quantitative estimate of drug-likeness (QED) is 0.679. The maximum Gasteiger partial charge on any atom is 0.143 e. The zero-order valence-electron chi connectivity index (χ0n) is 8.04. The van der Waals surface area contributed by atoms with Gasteiger partial charge in [0.1, 0.15) is 11.3 Å². The van der Waals surface area contributed by atoms with Crippen molar-refractivity contribution in [3.63, 3.8) is 0 Å². The van der Waals surface area contributed by atoms with Crippen LogP contribution in [0.2, 0.25) is 0 Å². The minimum atomic E-state index is 0.231. The predicted molar refractivity (Wildman–Crippen MR) is 55.4 cm³/mol. The minimum Gasteiger partial charge on any atom is -0.506 e. The van der Waals surface area contributed by atoms with Crippen LogP contribution in [0.4, 0.5) is 0 Å². The summed E-state index contributed by atoms with van der Waals surface area (Å²) < 4.78 is 0. The summed E-state index contributed by atoms with van der Waals surface area (Å²) >= 11 is 0. The third-order valence-corrected chi connectivity index (χ3v) is 2.27. The summed E-state index contributed by atoms with van der Waals surface area (Å²) in [4.78, 5) is 0. The number of rotatable bonds is 3. The molecule has 1 aromatic carbocycles. The fourth-order valence-corrected chi connectivity index (χ4v) is 1.52. The minimum absolute atomic E-state index is 0.231. The Morgan fingerprint density at radius 2 is 2.36 bits per heavy atom. The smallest absolute Gasteiger partial charge is 0.143 e. The molecule has 0 atom stereocenters. The molecule has 0 aliphatic heterocycles. The fraction of sp³-hybridized carbons (Fsp3) is 0.300. The summed E-state index contributed by atoms with van der Waals surface area (Å²) in [6.45, 7) is 0.896. The first-order valence-electron chi connectivity index (χ1n) is 4.62. The largest absolute Gasteiger partial charge is 0.506 e. The van der Waals surface area contributed by atoms with Crippen LogP contribution in [-0.4, -0.2) is 28.9 Å². The molecule has 0 aliphatic rings. The van der Waals surface area contributed by atoms with Crippen molar-refractivity contribution in [3.8, 4) is 5.75 Å². The SMILES string of the molecule is CNCCc1[nH]nc2c(O)cccc12. The van der Waals surface area contributed by atoms with Gasteiger partial charge in [0.05, 0.1) is 0 Å². The second-order valence-electron chi connectivity index (χ2n) is 3.23. The third-order valence-electron chi connectivity index (χ3n) is 2.27. The van der Waals surface area contributed by atoms with Gasteiger partial charge in [0, 0.05) is 24.0 Å². The summed E-state index contributed by atoms with van der Waals surface area (Å²) in [5.74, 6) is 0.231. The van der Waals surface area contributed by atoms with Gasteiger partial charge >= 0.3 is 0 Å². The lowest BCUT2D eigenvalue weighted by Gasteiger charge is -1.97. The van der Waals surface area contributed by atoms with Crippen LogP contribution in [0.15, 0.2) is 18.2 Å². The van der Waals surface area contributed by atoms with Crippen molar-refractivity contribution in [1.29, 1.82) is 0 Å². The Morgan fingerprint density at radius 3 is 3.14 bits per heavy atom. The van der Waals surface area contributed by atoms with Crippen molar-refractivity contribution in [2.75, 3.05) is 13.6 Å². The molecule has 0 radical (unpaired) electrons. The van der Waals surface area contributed by atoms with Crippen LogP contribution in [-0.2, 0) is 6.42 Å². The summed E-state index contributed by atoms with van der Waals surface area (Å²) in [7, 11) is 1.91. The second kappa shape index (κ2) is 3.67. The van der Waals surface area contributed by atoms with E-state index in [-0.39, 0.29) is 5.75 Å². The van der Waals surface area contributed by atoms with E-state index in [0.717, 1.165) is 24.0 Å². The highest BCUT2D eigenvalue weighted by molar-refractivity contribution is 5.86. The number of nitrogens with zero attached hydrogens (tertiary/aromatic N) is 1. The van der Waals surface area contributed by atoms with E-state index >= 15 is 0 Å². The Kier molecular flexibility index (Phi) is 2.37. The van der Waals surface area contributed by atoms with Crippen molar-refractivity contribution in [1.82, 2.24) is 15.5 Å². The van der Waals surface area contributed by atoms with E-state index in [2.05, 4.69) is 15.5 Å². The van der Waals surface area contributed by atoms with Crippen molar-refractivity contribution < 1.29 is 5.11 Å². The highest BCUT2D eigenvalue weighted by Crippen LogP contribution is 2.24. The van der Waals surface area contributed by atoms with Crippen LogP contribution in [0.5, 0.6) is 5.75 Å². The zero-order valence-corrected chi connectivity index (χ0v) is 8.04. The number of nitrogens with one attached hydrogen (secondary N) is 2. The molecule has 0 amide bonds. The van der Waals surface area contributed by atoms with Gasteiger partial charge in [0.15, 0.2) is 0 Å². The zero-order chi connectivity index (χ0) is 9.97. The first-order chi connectivity index (χ1) is 6.83. The van der Waals surface area contributed by atoms with Gasteiger partial charge in [-0.2, -0.15) is 5.10 Å². The standard InChI is InChI=1S/C10H13N3O/c1-11-6-5-8-7-3-2-4-9(14)10(7)13-12-8/h2-4,11,14H,5-6H2,1H3,(H,12,13). The number of H-pyrrole nitrogens is 1. The van der Waals surface area contributed by atoms with Crippen molar-refractivity contribution >= 4 is 10.9 Å². The molecule has 2 aromatic rings. The molecular formula is C10H13N3O. The number of aromatic nitrogens is 2. The number of phenols is 1. The second-order valence-corrected chi connectivity index (χ2v) is 3.23. The van der Waals surface area contributed by atoms with Crippen molar-refractivity contribution in [2.24, 2.45) is 0 Å². The molecule has 4 nitrogen and oxygen atoms in total. The Labute approximate surface area is 81.9 Å². The normalized spacial score (nSPS) is 10.9. The highest BCUT2D eigenvalue weighted by atomic mass is 16.3. The van der Waals surface area contributed by atoms with E-state index in [1.54, 1.807) is 6.07 Å². The first-order valence-corrected chi connectivity index (χ1v) is 4.62. The summed E-state index contributed by atoms with van der Waals surface area (Å²) in [6, 6.07) is 5.44. The van der Waals surface area contributed by atoms with Crippen molar-refractivity contribution in [3.05, 3.63) is 23.9 Å². The van der Waals surface area contributed by atoms with Gasteiger partial charge in [0.25, 0.3) is 0 Å². The molecule has 0 spiro atoms. The van der Waals surface area contributed by atoms with Crippen LogP contribution >= 0.6 is 0 Å². The fourth-order valence-electron chi connectivity index (χ4n) is 1.52. The van der Waals surface area contributed by atoms with E-state index in [0.29, 0.717) is 5.52 Å². The lowest BCUT2D eigenvalue weighted by atomic mass is 10.1. The number of likely N-dealkylation sites (N-methyl/N-ethyl adjacent to an activating group) is 1. The van der Waals surface area contributed by atoms with Gasteiger partial charge in [-0.25, -0.2) is 0 Å². The number of para-hydroxylation sites is 1. The number of benzene rings is 1. The molecule has 14 heavy (non-hydrogen) atoms. The molecule has 0 saturated carbocycles. The number of phenolic OH excluding ortho intramolecular Hbond substituents is 1. The van der Waals surface area contributed by atoms with E-state index in [1.165, 1.54) is 0 Å². The van der Waals surface area contributed by atoms with Crippen LogP contribution in [0.3, 0.4) is 0 Å². The number of hydrogen-bond donors (Lipinski definition) is 3. The maximum atomic E-state index is 9.51. The Balaban J connectivity index is 2.42. The van der Waals surface area contributed by atoms with E-state index < -0.39 is 0 Å². The molecular weight excluding hydrogens is 178 g/mol. The van der Waals surface area contributed by atoms with Crippen molar-refractivity contribution in [2.45, 2.75) is 6.42 Å². The topological polar surface area (TPSA) is 60.9 Å². The van der Waals surface area contributed by atoms with Gasteiger partial charge < -0.3 is 10.4 Å². The van der Waals surface area contributed by atoms with Gasteiger partial charge in [-0.1, -0.05) is 12.1 Å². The van der Waals surface area contributed by atoms with Gasteiger partial charge in [0.2, 0.25) is 0 Å². The molecule has 1 aromatic heterocycles. The third kappa shape index (κ3) is 1.44. The van der Waals surface area contributed by atoms with E-state index in [1.807, 2.05) is 19.2 Å². The number of aromatic hydroxyl groups is 1. The summed E-state index contributed by atoms with van der Waals surface area (Å²) in [6.07, 6.45) is 0.885. The summed E-state index contributed by atoms with van der Waals surface area (Å²) in [5.41, 5.74) is 1.71. The number of hydrogen-bond acceptors (Lipinski definition) is 3. The first kappa shape index (κ1) is 9.02. The average molecular weight is 191 g/mol. The molecule has 0 bridgehead atoms. The lowest BCUT2D eigenvalue weighted by Crippen LogP contribution is -2.10. The number of fused-ring (bicyclic) bond motifs is 1. The predicted octanol–water partition coefficient (Wildman–Crippen LogP) is 1.03. The Bertz CT molecular complexity index is 436.